The molecular formula is C14H20N2O3S. The quantitative estimate of drug-likeness (QED) is 0.859. The number of hydrogen-bond acceptors (Lipinski definition) is 4. The van der Waals surface area contributed by atoms with Gasteiger partial charge in [-0.25, -0.2) is 0 Å². The number of aliphatic hydroxyl groups excluding tert-OH is 1. The molecule has 2 heterocycles. The second-order valence-electron chi connectivity index (χ2n) is 5.16. The predicted molar refractivity (Wildman–Crippen MR) is 77.7 cm³/mol. The number of carbonyl (C=O) groups is 2. The fraction of sp³-hybridized carbons (Fsp3) is 0.571. The Balaban J connectivity index is 1.83. The third-order valence-corrected chi connectivity index (χ3v) is 4.18. The molecule has 0 aromatic carbocycles. The van der Waals surface area contributed by atoms with Gasteiger partial charge in [0.25, 0.3) is 5.91 Å². The van der Waals surface area contributed by atoms with Crippen molar-refractivity contribution in [3.8, 4) is 0 Å². The summed E-state index contributed by atoms with van der Waals surface area (Å²) in [6.45, 7) is 2.47. The molecule has 6 heteroatoms. The van der Waals surface area contributed by atoms with Crippen LogP contribution in [0.3, 0.4) is 0 Å². The van der Waals surface area contributed by atoms with Crippen LogP contribution in [0.1, 0.15) is 36.5 Å². The third-order valence-electron chi connectivity index (χ3n) is 3.49. The highest BCUT2D eigenvalue weighted by Gasteiger charge is 2.29. The minimum atomic E-state index is -0.409. The molecule has 0 bridgehead atoms. The number of nitrogens with one attached hydrogen (secondary N) is 1. The summed E-state index contributed by atoms with van der Waals surface area (Å²) < 4.78 is 0. The highest BCUT2D eigenvalue weighted by molar-refractivity contribution is 7.08. The summed E-state index contributed by atoms with van der Waals surface area (Å²) in [4.78, 5) is 25.7. The lowest BCUT2D eigenvalue weighted by Crippen LogP contribution is -2.43. The molecule has 2 amide bonds. The van der Waals surface area contributed by atoms with Gasteiger partial charge in [-0.1, -0.05) is 0 Å². The molecule has 1 saturated heterocycles. The maximum absolute atomic E-state index is 12.1. The van der Waals surface area contributed by atoms with E-state index < -0.39 is 6.10 Å². The molecule has 1 aliphatic heterocycles. The molecule has 2 atom stereocenters. The van der Waals surface area contributed by atoms with Crippen LogP contribution in [0, 0.1) is 0 Å². The Labute approximate surface area is 122 Å². The highest BCUT2D eigenvalue weighted by atomic mass is 32.1. The van der Waals surface area contributed by atoms with Crippen molar-refractivity contribution in [1.29, 1.82) is 0 Å². The number of rotatable bonds is 5. The highest BCUT2D eigenvalue weighted by Crippen LogP contribution is 2.21. The molecule has 2 N–H and O–H groups in total. The van der Waals surface area contributed by atoms with E-state index >= 15 is 0 Å². The van der Waals surface area contributed by atoms with Crippen molar-refractivity contribution in [3.05, 3.63) is 22.4 Å². The second kappa shape index (κ2) is 6.85. The van der Waals surface area contributed by atoms with Crippen molar-refractivity contribution in [1.82, 2.24) is 10.2 Å². The Morgan fingerprint density at radius 3 is 3.05 bits per heavy atom. The standard InChI is InChI=1S/C14H20N2O3S/c1-10(17)7-12-3-2-5-16(12)13(18)8-15-14(19)11-4-6-20-9-11/h4,6,9-10,12,17H,2-3,5,7-8H2,1H3,(H,15,19). The van der Waals surface area contributed by atoms with E-state index in [1.807, 2.05) is 5.38 Å². The number of aliphatic hydroxyl groups is 1. The van der Waals surface area contributed by atoms with E-state index in [0.717, 1.165) is 12.8 Å². The fourth-order valence-electron chi connectivity index (χ4n) is 2.56. The molecule has 1 aliphatic rings. The molecule has 1 aromatic heterocycles. The van der Waals surface area contributed by atoms with Gasteiger partial charge in [-0.2, -0.15) is 11.3 Å². The van der Waals surface area contributed by atoms with Crippen molar-refractivity contribution in [2.75, 3.05) is 13.1 Å². The van der Waals surface area contributed by atoms with Crippen LogP contribution in [0.5, 0.6) is 0 Å². The first-order valence-electron chi connectivity index (χ1n) is 6.86. The van der Waals surface area contributed by atoms with E-state index in [4.69, 9.17) is 0 Å². The predicted octanol–water partition coefficient (Wildman–Crippen LogP) is 1.24. The van der Waals surface area contributed by atoms with Gasteiger partial charge in [0.05, 0.1) is 12.6 Å². The molecule has 0 saturated carbocycles. The maximum atomic E-state index is 12.1. The topological polar surface area (TPSA) is 69.6 Å². The Bertz CT molecular complexity index is 459. The lowest BCUT2D eigenvalue weighted by atomic mass is 10.1. The largest absolute Gasteiger partial charge is 0.393 e. The van der Waals surface area contributed by atoms with Gasteiger partial charge in [-0.05, 0) is 37.6 Å². The van der Waals surface area contributed by atoms with Crippen molar-refractivity contribution < 1.29 is 14.7 Å². The minimum Gasteiger partial charge on any atom is -0.393 e. The lowest BCUT2D eigenvalue weighted by Gasteiger charge is -2.25. The molecule has 20 heavy (non-hydrogen) atoms. The molecule has 5 nitrogen and oxygen atoms in total. The van der Waals surface area contributed by atoms with Gasteiger partial charge >= 0.3 is 0 Å². The Morgan fingerprint density at radius 1 is 1.60 bits per heavy atom. The number of amides is 2. The molecule has 0 radical (unpaired) electrons. The summed E-state index contributed by atoms with van der Waals surface area (Å²) in [5.41, 5.74) is 0.588. The van der Waals surface area contributed by atoms with E-state index in [9.17, 15) is 14.7 Å². The van der Waals surface area contributed by atoms with E-state index in [0.29, 0.717) is 18.5 Å². The first-order valence-corrected chi connectivity index (χ1v) is 7.80. The van der Waals surface area contributed by atoms with E-state index in [-0.39, 0.29) is 24.4 Å². The van der Waals surface area contributed by atoms with E-state index in [1.54, 1.807) is 23.3 Å². The van der Waals surface area contributed by atoms with Crippen LogP contribution in [0.15, 0.2) is 16.8 Å². The van der Waals surface area contributed by atoms with Gasteiger partial charge in [0.15, 0.2) is 0 Å². The van der Waals surface area contributed by atoms with Crippen LogP contribution in [0.25, 0.3) is 0 Å². The number of hydrogen-bond donors (Lipinski definition) is 2. The molecule has 2 unspecified atom stereocenters. The van der Waals surface area contributed by atoms with Crippen molar-refractivity contribution in [2.45, 2.75) is 38.3 Å². The third kappa shape index (κ3) is 3.80. The average Bonchev–Trinajstić information content (AvgIpc) is 3.05. The Morgan fingerprint density at radius 2 is 2.40 bits per heavy atom. The summed E-state index contributed by atoms with van der Waals surface area (Å²) in [5.74, 6) is -0.289. The number of thiophene rings is 1. The van der Waals surface area contributed by atoms with E-state index in [2.05, 4.69) is 5.32 Å². The lowest BCUT2D eigenvalue weighted by molar-refractivity contribution is -0.131. The van der Waals surface area contributed by atoms with Crippen LogP contribution in [-0.2, 0) is 4.79 Å². The van der Waals surface area contributed by atoms with Gasteiger partial charge in [0, 0.05) is 23.5 Å². The maximum Gasteiger partial charge on any atom is 0.252 e. The zero-order valence-corrected chi connectivity index (χ0v) is 12.4. The fourth-order valence-corrected chi connectivity index (χ4v) is 3.19. The van der Waals surface area contributed by atoms with Gasteiger partial charge < -0.3 is 15.3 Å². The van der Waals surface area contributed by atoms with Crippen LogP contribution < -0.4 is 5.32 Å². The molecule has 1 fully saturated rings. The first kappa shape index (κ1) is 15.0. The molecule has 0 spiro atoms. The average molecular weight is 296 g/mol. The smallest absolute Gasteiger partial charge is 0.252 e. The number of nitrogens with zero attached hydrogens (tertiary/aromatic N) is 1. The molecule has 0 aliphatic carbocycles. The Kier molecular flexibility index (Phi) is 5.14. The van der Waals surface area contributed by atoms with Crippen molar-refractivity contribution >= 4 is 23.2 Å². The van der Waals surface area contributed by atoms with Gasteiger partial charge in [0.1, 0.15) is 0 Å². The minimum absolute atomic E-state index is 0.0188. The second-order valence-corrected chi connectivity index (χ2v) is 5.94. The summed E-state index contributed by atoms with van der Waals surface area (Å²) in [6.07, 6.45) is 2.08. The van der Waals surface area contributed by atoms with Crippen LogP contribution in [-0.4, -0.2) is 47.1 Å². The summed E-state index contributed by atoms with van der Waals surface area (Å²) >= 11 is 1.45. The van der Waals surface area contributed by atoms with Crippen LogP contribution in [0.2, 0.25) is 0 Å². The summed E-state index contributed by atoms with van der Waals surface area (Å²) in [7, 11) is 0. The molecule has 2 rings (SSSR count). The number of carbonyl (C=O) groups excluding carboxylic acids is 2. The van der Waals surface area contributed by atoms with Gasteiger partial charge in [0.2, 0.25) is 5.91 Å². The summed E-state index contributed by atoms with van der Waals surface area (Å²) in [6, 6.07) is 1.83. The normalized spacial score (nSPS) is 19.9. The summed E-state index contributed by atoms with van der Waals surface area (Å²) in [5, 5.41) is 15.7. The van der Waals surface area contributed by atoms with Crippen LogP contribution >= 0.6 is 11.3 Å². The SMILES string of the molecule is CC(O)CC1CCCN1C(=O)CNC(=O)c1ccsc1. The van der Waals surface area contributed by atoms with Crippen molar-refractivity contribution in [2.24, 2.45) is 0 Å². The van der Waals surface area contributed by atoms with E-state index in [1.165, 1.54) is 11.3 Å². The van der Waals surface area contributed by atoms with Gasteiger partial charge in [-0.15, -0.1) is 0 Å². The first-order chi connectivity index (χ1) is 9.58. The molecule has 110 valence electrons. The van der Waals surface area contributed by atoms with Gasteiger partial charge in [-0.3, -0.25) is 9.59 Å². The zero-order valence-electron chi connectivity index (χ0n) is 11.5. The Hall–Kier alpha value is -1.40. The number of likely N-dealkylation sites (tertiary alicyclic amines) is 1. The monoisotopic (exact) mass is 296 g/mol. The molecule has 1 aromatic rings. The van der Waals surface area contributed by atoms with Crippen molar-refractivity contribution in [3.63, 3.8) is 0 Å². The molecular weight excluding hydrogens is 276 g/mol. The van der Waals surface area contributed by atoms with Crippen LogP contribution in [0.4, 0.5) is 0 Å². The zero-order chi connectivity index (χ0) is 14.5.